The summed E-state index contributed by atoms with van der Waals surface area (Å²) < 4.78 is 5.23. The minimum Gasteiger partial charge on any atom is -0.361 e. The molecule has 0 fully saturated rings. The number of hydrogen-bond donors (Lipinski definition) is 3. The molecule has 6 nitrogen and oxygen atoms in total. The Kier molecular flexibility index (Phi) is 9.00. The van der Waals surface area contributed by atoms with Crippen LogP contribution in [0.1, 0.15) is 42.0 Å². The summed E-state index contributed by atoms with van der Waals surface area (Å²) in [6.45, 7) is 10.6. The molecule has 0 aliphatic heterocycles. The molecule has 0 spiro atoms. The van der Waals surface area contributed by atoms with Crippen LogP contribution in [-0.2, 0) is 19.3 Å². The summed E-state index contributed by atoms with van der Waals surface area (Å²) in [6.07, 6.45) is 4.95. The summed E-state index contributed by atoms with van der Waals surface area (Å²) in [5.74, 6) is 1.74. The third-order valence-electron chi connectivity index (χ3n) is 5.11. The van der Waals surface area contributed by atoms with Crippen molar-refractivity contribution < 1.29 is 4.52 Å². The molecule has 0 bridgehead atoms. The maximum absolute atomic E-state index is 5.23. The molecule has 0 aliphatic rings. The molecule has 0 saturated carbocycles. The number of aryl methyl sites for hydroxylation is 3. The monoisotopic (exact) mass is 509 g/mol. The number of aromatic nitrogens is 2. The lowest BCUT2D eigenvalue weighted by molar-refractivity contribution is 0.392. The number of rotatable bonds is 8. The molecular formula is C22H32IN5O. The molecule has 0 amide bonds. The molecule has 3 N–H and O–H groups in total. The van der Waals surface area contributed by atoms with Gasteiger partial charge in [0, 0.05) is 42.3 Å². The number of benzene rings is 1. The van der Waals surface area contributed by atoms with Crippen molar-refractivity contribution in [3.63, 3.8) is 0 Å². The zero-order valence-corrected chi connectivity index (χ0v) is 20.1. The number of H-pyrrole nitrogens is 1. The number of aliphatic imine (C=N–C) groups is 1. The van der Waals surface area contributed by atoms with E-state index in [2.05, 4.69) is 59.0 Å². The van der Waals surface area contributed by atoms with Crippen molar-refractivity contribution in [1.82, 2.24) is 20.8 Å². The van der Waals surface area contributed by atoms with Crippen LogP contribution in [0.3, 0.4) is 0 Å². The number of nitrogens with one attached hydrogen (secondary N) is 3. The van der Waals surface area contributed by atoms with Gasteiger partial charge in [-0.2, -0.15) is 0 Å². The highest BCUT2D eigenvalue weighted by atomic mass is 127. The van der Waals surface area contributed by atoms with Crippen molar-refractivity contribution in [2.45, 2.75) is 47.0 Å². The lowest BCUT2D eigenvalue weighted by Crippen LogP contribution is -2.38. The second-order valence-electron chi connectivity index (χ2n) is 7.00. The standard InChI is InChI=1S/C22H31N5O.HI/c1-5-17-8-7-9-20-18(14-26-21(17)20)10-12-24-22(23-6-2)25-13-11-19-15(3)27-28-16(19)4;/h7-9,14,26H,5-6,10-13H2,1-4H3,(H2,23,24,25);1H. The Bertz CT molecular complexity index is 924. The Balaban J connectivity index is 0.00000300. The molecule has 29 heavy (non-hydrogen) atoms. The second-order valence-corrected chi connectivity index (χ2v) is 7.00. The molecule has 0 radical (unpaired) electrons. The topological polar surface area (TPSA) is 78.2 Å². The lowest BCUT2D eigenvalue weighted by Gasteiger charge is -2.11. The first kappa shape index (κ1) is 23.3. The zero-order valence-electron chi connectivity index (χ0n) is 17.8. The average molecular weight is 509 g/mol. The number of aromatic amines is 1. The van der Waals surface area contributed by atoms with Crippen molar-refractivity contribution in [2.24, 2.45) is 4.99 Å². The predicted octanol–water partition coefficient (Wildman–Crippen LogP) is 4.29. The Labute approximate surface area is 189 Å². The van der Waals surface area contributed by atoms with Crippen LogP contribution in [-0.4, -0.2) is 35.7 Å². The van der Waals surface area contributed by atoms with Gasteiger partial charge in [-0.25, -0.2) is 0 Å². The highest BCUT2D eigenvalue weighted by molar-refractivity contribution is 14.0. The number of guanidine groups is 1. The first-order valence-electron chi connectivity index (χ1n) is 10.2. The summed E-state index contributed by atoms with van der Waals surface area (Å²) in [7, 11) is 0. The number of hydrogen-bond acceptors (Lipinski definition) is 3. The van der Waals surface area contributed by atoms with Crippen molar-refractivity contribution in [3.05, 3.63) is 52.5 Å². The molecule has 2 aromatic heterocycles. The van der Waals surface area contributed by atoms with E-state index < -0.39 is 0 Å². The van der Waals surface area contributed by atoms with E-state index in [0.29, 0.717) is 6.54 Å². The van der Waals surface area contributed by atoms with E-state index in [4.69, 9.17) is 9.52 Å². The van der Waals surface area contributed by atoms with Crippen LogP contribution in [0.5, 0.6) is 0 Å². The molecule has 3 rings (SSSR count). The Morgan fingerprint density at radius 3 is 2.66 bits per heavy atom. The maximum atomic E-state index is 5.23. The third kappa shape index (κ3) is 5.74. The third-order valence-corrected chi connectivity index (χ3v) is 5.11. The summed E-state index contributed by atoms with van der Waals surface area (Å²) in [5, 5.41) is 12.1. The molecule has 0 saturated heterocycles. The SMILES string of the molecule is CCNC(=NCCc1c(C)noc1C)NCCc1c[nH]c2c(CC)cccc12.I. The van der Waals surface area contributed by atoms with Gasteiger partial charge in [-0.15, -0.1) is 24.0 Å². The van der Waals surface area contributed by atoms with E-state index in [9.17, 15) is 0 Å². The van der Waals surface area contributed by atoms with Crippen molar-refractivity contribution in [1.29, 1.82) is 0 Å². The summed E-state index contributed by atoms with van der Waals surface area (Å²) in [6, 6.07) is 6.53. The first-order chi connectivity index (χ1) is 13.6. The predicted molar refractivity (Wildman–Crippen MR) is 130 cm³/mol. The van der Waals surface area contributed by atoms with Gasteiger partial charge in [-0.1, -0.05) is 30.3 Å². The van der Waals surface area contributed by atoms with Crippen LogP contribution in [0.4, 0.5) is 0 Å². The normalized spacial score (nSPS) is 11.5. The molecule has 1 aromatic carbocycles. The fraction of sp³-hybridized carbons (Fsp3) is 0.455. The largest absolute Gasteiger partial charge is 0.361 e. The highest BCUT2D eigenvalue weighted by Crippen LogP contribution is 2.22. The molecule has 2 heterocycles. The highest BCUT2D eigenvalue weighted by Gasteiger charge is 2.09. The Morgan fingerprint density at radius 1 is 1.14 bits per heavy atom. The van der Waals surface area contributed by atoms with Crippen LogP contribution in [0.2, 0.25) is 0 Å². The Hall–Kier alpha value is -2.03. The molecule has 0 atom stereocenters. The molecule has 7 heteroatoms. The van der Waals surface area contributed by atoms with Crippen molar-refractivity contribution >= 4 is 40.8 Å². The van der Waals surface area contributed by atoms with E-state index in [1.165, 1.54) is 22.0 Å². The van der Waals surface area contributed by atoms with Crippen LogP contribution in [0.25, 0.3) is 10.9 Å². The van der Waals surface area contributed by atoms with Crippen molar-refractivity contribution in [3.8, 4) is 0 Å². The first-order valence-corrected chi connectivity index (χ1v) is 10.2. The summed E-state index contributed by atoms with van der Waals surface area (Å²) in [5.41, 5.74) is 6.08. The van der Waals surface area contributed by atoms with E-state index in [1.807, 2.05) is 13.8 Å². The quantitative estimate of drug-likeness (QED) is 0.241. The van der Waals surface area contributed by atoms with Gasteiger partial charge in [0.1, 0.15) is 5.76 Å². The van der Waals surface area contributed by atoms with Gasteiger partial charge < -0.3 is 20.1 Å². The smallest absolute Gasteiger partial charge is 0.191 e. The van der Waals surface area contributed by atoms with Gasteiger partial charge >= 0.3 is 0 Å². The van der Waals surface area contributed by atoms with Crippen LogP contribution >= 0.6 is 24.0 Å². The minimum atomic E-state index is 0. The number of halogens is 1. The van der Waals surface area contributed by atoms with Gasteiger partial charge in [-0.05, 0) is 51.2 Å². The lowest BCUT2D eigenvalue weighted by atomic mass is 10.1. The molecule has 158 valence electrons. The molecule has 3 aromatic rings. The molecule has 0 aliphatic carbocycles. The summed E-state index contributed by atoms with van der Waals surface area (Å²) >= 11 is 0. The van der Waals surface area contributed by atoms with Gasteiger partial charge in [0.05, 0.1) is 5.69 Å². The molecular weight excluding hydrogens is 477 g/mol. The van der Waals surface area contributed by atoms with Gasteiger partial charge in [-0.3, -0.25) is 4.99 Å². The average Bonchev–Trinajstić information content (AvgIpc) is 3.25. The van der Waals surface area contributed by atoms with Gasteiger partial charge in [0.15, 0.2) is 5.96 Å². The maximum Gasteiger partial charge on any atom is 0.191 e. The second kappa shape index (κ2) is 11.2. The fourth-order valence-electron chi connectivity index (χ4n) is 3.57. The summed E-state index contributed by atoms with van der Waals surface area (Å²) in [4.78, 5) is 8.14. The van der Waals surface area contributed by atoms with E-state index in [0.717, 1.165) is 55.3 Å². The van der Waals surface area contributed by atoms with Gasteiger partial charge in [0.25, 0.3) is 0 Å². The van der Waals surface area contributed by atoms with Crippen LogP contribution in [0.15, 0.2) is 33.9 Å². The number of para-hydroxylation sites is 1. The number of fused-ring (bicyclic) bond motifs is 1. The van der Waals surface area contributed by atoms with Gasteiger partial charge in [0.2, 0.25) is 0 Å². The number of nitrogens with zero attached hydrogens (tertiary/aromatic N) is 2. The Morgan fingerprint density at radius 2 is 1.97 bits per heavy atom. The minimum absolute atomic E-state index is 0. The fourth-order valence-corrected chi connectivity index (χ4v) is 3.57. The van der Waals surface area contributed by atoms with Crippen LogP contribution in [0, 0.1) is 13.8 Å². The van der Waals surface area contributed by atoms with E-state index in [-0.39, 0.29) is 24.0 Å². The van der Waals surface area contributed by atoms with Crippen molar-refractivity contribution in [2.75, 3.05) is 19.6 Å². The molecule has 0 unspecified atom stereocenters. The zero-order chi connectivity index (χ0) is 19.9. The van der Waals surface area contributed by atoms with Crippen LogP contribution < -0.4 is 10.6 Å². The van der Waals surface area contributed by atoms with E-state index in [1.54, 1.807) is 0 Å². The van der Waals surface area contributed by atoms with E-state index >= 15 is 0 Å².